The molecule has 0 saturated carbocycles. The summed E-state index contributed by atoms with van der Waals surface area (Å²) < 4.78 is 270. The molecule has 0 aliphatic carbocycles. The predicted molar refractivity (Wildman–Crippen MR) is 410 cm³/mol. The molecular formula is C78H54F6N2O20S7. The number of alkyl halides is 6. The van der Waals surface area contributed by atoms with E-state index in [1.807, 2.05) is 32.0 Å². The summed E-state index contributed by atoms with van der Waals surface area (Å²) >= 11 is 1.78. The first-order chi connectivity index (χ1) is 53.4. The van der Waals surface area contributed by atoms with E-state index >= 15 is 13.2 Å². The molecule has 1 aromatic heterocycles. The number of aryl methyl sites for hydroxylation is 3. The Balaban J connectivity index is 1.06. The quantitative estimate of drug-likeness (QED) is 0.0114. The van der Waals surface area contributed by atoms with Gasteiger partial charge < -0.3 is 9.47 Å². The lowest BCUT2D eigenvalue weighted by molar-refractivity contribution is -0.432. The third-order valence-corrected chi connectivity index (χ3v) is 23.9. The zero-order valence-corrected chi connectivity index (χ0v) is 63.9. The van der Waals surface area contributed by atoms with Crippen LogP contribution in [0.5, 0.6) is 17.2 Å². The number of halogens is 6. The molecule has 13 rings (SSSR count). The molecule has 22 nitrogen and oxygen atoms in total. The van der Waals surface area contributed by atoms with E-state index in [9.17, 15) is 75.6 Å². The molecule has 0 spiro atoms. The predicted octanol–water partition coefficient (Wildman–Crippen LogP) is 21.0. The molecule has 13 aromatic rings. The number of hydrogen-bond donors (Lipinski definition) is 6. The second-order valence-electron chi connectivity index (χ2n) is 25.3. The van der Waals surface area contributed by atoms with Crippen molar-refractivity contribution in [2.75, 3.05) is 7.11 Å². The van der Waals surface area contributed by atoms with Crippen LogP contribution in [0.15, 0.2) is 248 Å². The monoisotopic (exact) mass is 1680 g/mol. The number of methoxy groups -OCH3 is 1. The van der Waals surface area contributed by atoms with Gasteiger partial charge in [0.15, 0.2) is 0 Å². The summed E-state index contributed by atoms with van der Waals surface area (Å²) in [6.07, 6.45) is -9.87. The molecule has 0 aliphatic rings. The maximum Gasteiger partial charge on any atom is 0.420 e. The third kappa shape index (κ3) is 16.9. The van der Waals surface area contributed by atoms with Crippen LogP contribution in [0.4, 0.5) is 26.3 Å². The van der Waals surface area contributed by atoms with Gasteiger partial charge in [0.1, 0.15) is 47.9 Å². The number of nitrogens with zero attached hydrogens (tertiary/aromatic N) is 2. The molecule has 0 bridgehead atoms. The smallest absolute Gasteiger partial charge is 0.420 e. The zero-order valence-electron chi connectivity index (χ0n) is 58.2. The lowest BCUT2D eigenvalue weighted by atomic mass is 9.74. The SMILES string of the molecule is COc1ccc(-c2ccc(-c3ccc(Oc4ccc(-c5ccc(-c6c(-c7ccc(S(=O)(=O)O)c(S(=O)(=O)O)c7)c(-c7cccc(SOOO)c7)c(-c7ccc(-c8ccc(C)c(C)c8)cc7)c(-c7cccc(SOOO)c7)c6-c6ccc(S(=O)(=O)O)c(S(=O)(=O)O)c6)cc5)cc4C(F)(F)F)c(C)c3)c3nsnc23)cc1C(F)(F)F. The first kappa shape index (κ1) is 80.8. The van der Waals surface area contributed by atoms with Crippen molar-refractivity contribution in [1.29, 1.82) is 0 Å². The van der Waals surface area contributed by atoms with Gasteiger partial charge in [-0.05, 0) is 223 Å². The summed E-state index contributed by atoms with van der Waals surface area (Å²) in [6.45, 7) is 5.41. The Morgan fingerprint density at radius 1 is 0.345 bits per heavy atom. The van der Waals surface area contributed by atoms with Crippen LogP contribution in [0.1, 0.15) is 27.8 Å². The van der Waals surface area contributed by atoms with Gasteiger partial charge in [0.2, 0.25) is 0 Å². The molecule has 6 N–H and O–H groups in total. The van der Waals surface area contributed by atoms with Gasteiger partial charge >= 0.3 is 12.4 Å². The Bertz CT molecular complexity index is 6260. The minimum absolute atomic E-state index is 0.0185. The van der Waals surface area contributed by atoms with Crippen LogP contribution >= 0.6 is 35.8 Å². The van der Waals surface area contributed by atoms with Gasteiger partial charge in [-0.1, -0.05) is 144 Å². The maximum absolute atomic E-state index is 15.7. The summed E-state index contributed by atoms with van der Waals surface area (Å²) in [4.78, 5) is -5.08. The second-order valence-corrected chi connectivity index (χ2v) is 32.9. The van der Waals surface area contributed by atoms with Crippen molar-refractivity contribution in [3.63, 3.8) is 0 Å². The summed E-state index contributed by atoms with van der Waals surface area (Å²) in [5.41, 5.74) is 2.82. The van der Waals surface area contributed by atoms with Crippen molar-refractivity contribution in [1.82, 2.24) is 8.75 Å². The molecule has 0 unspecified atom stereocenters. The molecule has 0 radical (unpaired) electrons. The van der Waals surface area contributed by atoms with Crippen molar-refractivity contribution < 1.29 is 117 Å². The average molecular weight is 1680 g/mol. The Labute approximate surface area is 652 Å². The lowest BCUT2D eigenvalue weighted by Crippen LogP contribution is -2.10. The van der Waals surface area contributed by atoms with E-state index in [0.29, 0.717) is 81.7 Å². The molecule has 1 heterocycles. The fourth-order valence-electron chi connectivity index (χ4n) is 13.2. The van der Waals surface area contributed by atoms with Crippen molar-refractivity contribution >= 4 is 87.3 Å². The number of benzene rings is 12. The highest BCUT2D eigenvalue weighted by Gasteiger charge is 2.38. The number of fused-ring (bicyclic) bond motifs is 1. The van der Waals surface area contributed by atoms with E-state index < -0.39 is 89.3 Å². The molecule has 0 aliphatic heterocycles. The highest BCUT2D eigenvalue weighted by molar-refractivity contribution is 7.94. The van der Waals surface area contributed by atoms with Crippen LogP contribution in [0, 0.1) is 20.8 Å². The highest BCUT2D eigenvalue weighted by atomic mass is 32.2. The molecule has 0 saturated heterocycles. The van der Waals surface area contributed by atoms with Gasteiger partial charge in [0, 0.05) is 20.9 Å². The van der Waals surface area contributed by atoms with Crippen molar-refractivity contribution in [3.05, 3.63) is 246 Å². The summed E-state index contributed by atoms with van der Waals surface area (Å²) in [5.74, 6) is -1.06. The van der Waals surface area contributed by atoms with E-state index in [4.69, 9.17) is 18.1 Å². The lowest BCUT2D eigenvalue weighted by Gasteiger charge is -2.29. The maximum atomic E-state index is 15.7. The van der Waals surface area contributed by atoms with Crippen LogP contribution in [0.2, 0.25) is 0 Å². The summed E-state index contributed by atoms with van der Waals surface area (Å²) in [5, 5.41) is 26.8. The van der Waals surface area contributed by atoms with E-state index in [2.05, 4.69) is 18.8 Å². The van der Waals surface area contributed by atoms with Crippen LogP contribution in [0.3, 0.4) is 0 Å². The van der Waals surface area contributed by atoms with Crippen molar-refractivity contribution in [3.8, 4) is 129 Å². The molecule has 0 amide bonds. The summed E-state index contributed by atoms with van der Waals surface area (Å²) in [6, 6.07) is 49.5. The normalized spacial score (nSPS) is 12.4. The fraction of sp³-hybridized carbons (Fsp3) is 0.0769. The van der Waals surface area contributed by atoms with E-state index in [1.165, 1.54) is 84.9 Å². The van der Waals surface area contributed by atoms with E-state index in [-0.39, 0.29) is 110 Å². The average Bonchev–Trinajstić information content (AvgIpc) is 1.03. The Hall–Kier alpha value is -10.3. The minimum Gasteiger partial charge on any atom is -0.496 e. The highest BCUT2D eigenvalue weighted by Crippen LogP contribution is 2.58. The van der Waals surface area contributed by atoms with Gasteiger partial charge in [0.25, 0.3) is 40.5 Å². The van der Waals surface area contributed by atoms with E-state index in [0.717, 1.165) is 65.9 Å². The number of hydrogen-bond acceptors (Lipinski definition) is 21. The van der Waals surface area contributed by atoms with Gasteiger partial charge in [-0.2, -0.15) is 68.8 Å². The van der Waals surface area contributed by atoms with Crippen LogP contribution in [-0.2, 0) is 71.6 Å². The standard InChI is InChI=1S/C78H54F6N2O20S7/c1-41-11-12-48(33-42(41)2)44-13-17-46(18-14-44)69-71(52-7-5-9-56(35-52)107-105-103-87)73(54-24-31-65(110(89,90)91)67(39-54)112(95,96)97)70(74(72(69)53-8-6-10-57(36-53)108-106-104-88)55-25-32-66(111(92,93)94)68(40-55)113(98,99)100)47-19-15-45(16-20-47)49-21-30-64(61(37-49)78(82,83)84)102-62-28-22-50(34-43(62)3)58-26-27-59(76-75(58)85-109-86-76)51-23-29-63(101-4)60(38-51)77(79,80)81/h5-40,87-88H,1-4H3,(H,89,90,91)(H,92,93,94)(H,95,96,97)(H,98,99,100). The number of rotatable bonds is 23. The summed E-state index contributed by atoms with van der Waals surface area (Å²) in [7, 11) is -21.4. The molecule has 113 heavy (non-hydrogen) atoms. The van der Waals surface area contributed by atoms with Crippen molar-refractivity contribution in [2.45, 2.75) is 62.5 Å². The molecule has 35 heteroatoms. The van der Waals surface area contributed by atoms with Gasteiger partial charge in [0.05, 0.1) is 54.1 Å². The second kappa shape index (κ2) is 31.6. The molecule has 12 aromatic carbocycles. The number of aromatic nitrogens is 2. The van der Waals surface area contributed by atoms with Gasteiger partial charge in [-0.15, -0.1) is 8.67 Å². The van der Waals surface area contributed by atoms with Gasteiger partial charge in [-0.3, -0.25) is 18.2 Å². The molecule has 0 fully saturated rings. The largest absolute Gasteiger partial charge is 0.496 e. The first-order valence-corrected chi connectivity index (χ1v) is 40.6. The Morgan fingerprint density at radius 3 is 1.11 bits per heavy atom. The minimum atomic E-state index is -5.72. The van der Waals surface area contributed by atoms with E-state index in [1.54, 1.807) is 67.6 Å². The van der Waals surface area contributed by atoms with Crippen LogP contribution < -0.4 is 9.47 Å². The van der Waals surface area contributed by atoms with Crippen LogP contribution in [0.25, 0.3) is 122 Å². The fourth-order valence-corrected chi connectivity index (χ4v) is 18.2. The molecular weight excluding hydrogens is 1620 g/mol. The third-order valence-electron chi connectivity index (χ3n) is 18.4. The number of ether oxygens (including phenoxy) is 2. The molecule has 0 atom stereocenters. The zero-order chi connectivity index (χ0) is 81.0. The Morgan fingerprint density at radius 2 is 0.690 bits per heavy atom. The Kier molecular flexibility index (Phi) is 22.6. The van der Waals surface area contributed by atoms with Crippen LogP contribution in [-0.4, -0.2) is 78.3 Å². The van der Waals surface area contributed by atoms with Gasteiger partial charge in [-0.25, -0.2) is 10.5 Å². The molecule has 580 valence electrons. The topological polar surface area (TPSA) is 339 Å². The van der Waals surface area contributed by atoms with Crippen molar-refractivity contribution in [2.24, 2.45) is 0 Å². The first-order valence-electron chi connectivity index (χ1n) is 32.7.